The van der Waals surface area contributed by atoms with Crippen molar-refractivity contribution in [1.82, 2.24) is 0 Å². The lowest BCUT2D eigenvalue weighted by Crippen LogP contribution is -2.17. The Kier molecular flexibility index (Phi) is 4.42. The number of rotatable bonds is 4. The molecular weight excluding hydrogens is 311 g/mol. The van der Waals surface area contributed by atoms with Crippen molar-refractivity contribution in [1.29, 1.82) is 0 Å². The van der Waals surface area contributed by atoms with Crippen LogP contribution in [0, 0.1) is 5.82 Å². The smallest absolute Gasteiger partial charge is 0.310 e. The molecule has 0 aliphatic heterocycles. The van der Waals surface area contributed by atoms with Crippen LogP contribution in [-0.2, 0) is 16.0 Å². The minimum Gasteiger partial charge on any atom is -0.466 e. The molecule has 0 spiro atoms. The molecule has 1 heterocycles. The fourth-order valence-corrected chi connectivity index (χ4v) is 2.56. The summed E-state index contributed by atoms with van der Waals surface area (Å²) in [6.07, 6.45) is -0.273. The standard InChI is InChI=1S/C19H15FO4/c1-2-23-17(21)11-14-18(22)13-8-4-6-10-16(13)24-19(14)12-7-3-5-9-15(12)20/h3-10H,2,11H2,1H3. The number of hydrogen-bond acceptors (Lipinski definition) is 4. The predicted octanol–water partition coefficient (Wildman–Crippen LogP) is 3.70. The maximum atomic E-state index is 14.2. The Morgan fingerprint density at radius 3 is 2.58 bits per heavy atom. The van der Waals surface area contributed by atoms with Gasteiger partial charge in [0.05, 0.1) is 29.5 Å². The summed E-state index contributed by atoms with van der Waals surface area (Å²) in [5.41, 5.74) is 0.216. The quantitative estimate of drug-likeness (QED) is 0.686. The van der Waals surface area contributed by atoms with Crippen molar-refractivity contribution in [2.45, 2.75) is 13.3 Å². The lowest BCUT2D eigenvalue weighted by Gasteiger charge is -2.10. The third-order valence-corrected chi connectivity index (χ3v) is 3.64. The van der Waals surface area contributed by atoms with E-state index in [1.807, 2.05) is 0 Å². The largest absolute Gasteiger partial charge is 0.466 e. The maximum absolute atomic E-state index is 14.2. The van der Waals surface area contributed by atoms with Gasteiger partial charge in [-0.3, -0.25) is 9.59 Å². The van der Waals surface area contributed by atoms with E-state index >= 15 is 0 Å². The van der Waals surface area contributed by atoms with E-state index in [2.05, 4.69) is 0 Å². The summed E-state index contributed by atoms with van der Waals surface area (Å²) in [7, 11) is 0. The van der Waals surface area contributed by atoms with Crippen molar-refractivity contribution in [3.8, 4) is 11.3 Å². The molecule has 4 nitrogen and oxygen atoms in total. The summed E-state index contributed by atoms with van der Waals surface area (Å²) >= 11 is 0. The zero-order valence-electron chi connectivity index (χ0n) is 13.0. The Hall–Kier alpha value is -2.95. The fourth-order valence-electron chi connectivity index (χ4n) is 2.56. The van der Waals surface area contributed by atoms with Gasteiger partial charge in [0.1, 0.15) is 17.2 Å². The van der Waals surface area contributed by atoms with E-state index in [-0.39, 0.29) is 35.3 Å². The molecular formula is C19H15FO4. The second kappa shape index (κ2) is 6.66. The minimum atomic E-state index is -0.558. The number of hydrogen-bond donors (Lipinski definition) is 0. The van der Waals surface area contributed by atoms with Crippen LogP contribution in [0.4, 0.5) is 4.39 Å². The monoisotopic (exact) mass is 326 g/mol. The second-order valence-corrected chi connectivity index (χ2v) is 5.20. The first-order chi connectivity index (χ1) is 11.6. The Bertz CT molecular complexity index is 959. The molecule has 3 aromatic rings. The number of para-hydroxylation sites is 1. The van der Waals surface area contributed by atoms with Gasteiger partial charge in [-0.25, -0.2) is 4.39 Å². The molecule has 3 rings (SSSR count). The number of ether oxygens (including phenoxy) is 1. The van der Waals surface area contributed by atoms with Gasteiger partial charge in [-0.1, -0.05) is 24.3 Å². The Labute approximate surface area is 137 Å². The van der Waals surface area contributed by atoms with Crippen LogP contribution in [0.1, 0.15) is 12.5 Å². The summed E-state index contributed by atoms with van der Waals surface area (Å²) in [6.45, 7) is 1.88. The highest BCUT2D eigenvalue weighted by atomic mass is 19.1. The van der Waals surface area contributed by atoms with E-state index in [0.717, 1.165) is 0 Å². The molecule has 0 N–H and O–H groups in total. The lowest BCUT2D eigenvalue weighted by molar-refractivity contribution is -0.142. The highest BCUT2D eigenvalue weighted by molar-refractivity contribution is 5.83. The number of carbonyl (C=O) groups excluding carboxylic acids is 1. The number of esters is 1. The van der Waals surface area contributed by atoms with E-state index in [4.69, 9.17) is 9.15 Å². The van der Waals surface area contributed by atoms with Gasteiger partial charge in [-0.15, -0.1) is 0 Å². The molecule has 0 bridgehead atoms. The lowest BCUT2D eigenvalue weighted by atomic mass is 10.0. The minimum absolute atomic E-state index is 0.0600. The van der Waals surface area contributed by atoms with Crippen molar-refractivity contribution in [2.75, 3.05) is 6.61 Å². The van der Waals surface area contributed by atoms with Gasteiger partial charge in [-0.2, -0.15) is 0 Å². The zero-order chi connectivity index (χ0) is 17.1. The van der Waals surface area contributed by atoms with Gasteiger partial charge >= 0.3 is 5.97 Å². The van der Waals surface area contributed by atoms with E-state index in [1.165, 1.54) is 12.1 Å². The normalized spacial score (nSPS) is 10.8. The van der Waals surface area contributed by atoms with E-state index in [1.54, 1.807) is 43.3 Å². The molecule has 0 unspecified atom stereocenters. The van der Waals surface area contributed by atoms with E-state index < -0.39 is 11.8 Å². The molecule has 0 saturated carbocycles. The number of benzene rings is 2. The van der Waals surface area contributed by atoms with Crippen LogP contribution in [0.15, 0.2) is 57.7 Å². The topological polar surface area (TPSA) is 56.5 Å². The summed E-state index contributed by atoms with van der Waals surface area (Å²) in [4.78, 5) is 24.7. The van der Waals surface area contributed by atoms with E-state index in [9.17, 15) is 14.0 Å². The molecule has 1 aromatic heterocycles. The van der Waals surface area contributed by atoms with Crippen molar-refractivity contribution in [3.63, 3.8) is 0 Å². The van der Waals surface area contributed by atoms with Gasteiger partial charge in [0, 0.05) is 0 Å². The molecule has 0 fully saturated rings. The third-order valence-electron chi connectivity index (χ3n) is 3.64. The average Bonchev–Trinajstić information content (AvgIpc) is 2.58. The number of fused-ring (bicyclic) bond motifs is 1. The zero-order valence-corrected chi connectivity index (χ0v) is 13.0. The van der Waals surface area contributed by atoms with Gasteiger partial charge in [0.25, 0.3) is 0 Å². The highest BCUT2D eigenvalue weighted by Crippen LogP contribution is 2.28. The molecule has 2 aromatic carbocycles. The molecule has 0 atom stereocenters. The van der Waals surface area contributed by atoms with E-state index in [0.29, 0.717) is 11.0 Å². The summed E-state index contributed by atoms with van der Waals surface area (Å²) < 4.78 is 24.9. The van der Waals surface area contributed by atoms with Crippen LogP contribution < -0.4 is 5.43 Å². The molecule has 0 aliphatic rings. The summed E-state index contributed by atoms with van der Waals surface area (Å²) in [6, 6.07) is 12.6. The third kappa shape index (κ3) is 2.93. The maximum Gasteiger partial charge on any atom is 0.310 e. The van der Waals surface area contributed by atoms with Crippen molar-refractivity contribution >= 4 is 16.9 Å². The number of carbonyl (C=O) groups is 1. The first-order valence-corrected chi connectivity index (χ1v) is 7.57. The SMILES string of the molecule is CCOC(=O)Cc1c(-c2ccccc2F)oc2ccccc2c1=O. The van der Waals surface area contributed by atoms with Gasteiger partial charge in [0.15, 0.2) is 5.43 Å². The van der Waals surface area contributed by atoms with Crippen LogP contribution in [-0.4, -0.2) is 12.6 Å². The molecule has 0 saturated heterocycles. The number of halogens is 1. The summed E-state index contributed by atoms with van der Waals surface area (Å²) in [5.74, 6) is -1.02. The second-order valence-electron chi connectivity index (χ2n) is 5.20. The van der Waals surface area contributed by atoms with Crippen LogP contribution in [0.5, 0.6) is 0 Å². The summed E-state index contributed by atoms with van der Waals surface area (Å²) in [5, 5.41) is 0.344. The first-order valence-electron chi connectivity index (χ1n) is 7.57. The Morgan fingerprint density at radius 1 is 1.12 bits per heavy atom. The Morgan fingerprint density at radius 2 is 1.83 bits per heavy atom. The molecule has 0 radical (unpaired) electrons. The molecule has 5 heteroatoms. The van der Waals surface area contributed by atoms with Gasteiger partial charge in [-0.05, 0) is 31.2 Å². The fraction of sp³-hybridized carbons (Fsp3) is 0.158. The van der Waals surface area contributed by atoms with Gasteiger partial charge in [0.2, 0.25) is 0 Å². The molecule has 0 amide bonds. The predicted molar refractivity (Wildman–Crippen MR) is 88.2 cm³/mol. The van der Waals surface area contributed by atoms with Crippen molar-refractivity contribution in [2.24, 2.45) is 0 Å². The molecule has 122 valence electrons. The van der Waals surface area contributed by atoms with Crippen LogP contribution >= 0.6 is 0 Å². The Balaban J connectivity index is 2.28. The van der Waals surface area contributed by atoms with Crippen LogP contribution in [0.2, 0.25) is 0 Å². The van der Waals surface area contributed by atoms with Crippen LogP contribution in [0.25, 0.3) is 22.3 Å². The average molecular weight is 326 g/mol. The van der Waals surface area contributed by atoms with Gasteiger partial charge < -0.3 is 9.15 Å². The van der Waals surface area contributed by atoms with Crippen molar-refractivity contribution < 1.29 is 18.3 Å². The van der Waals surface area contributed by atoms with Crippen LogP contribution in [0.3, 0.4) is 0 Å². The van der Waals surface area contributed by atoms with Crippen molar-refractivity contribution in [3.05, 3.63) is 70.1 Å². The first kappa shape index (κ1) is 15.9. The highest BCUT2D eigenvalue weighted by Gasteiger charge is 2.21. The molecule has 24 heavy (non-hydrogen) atoms. The molecule has 0 aliphatic carbocycles.